The van der Waals surface area contributed by atoms with E-state index in [-0.39, 0.29) is 11.9 Å². The molecule has 0 aromatic heterocycles. The van der Waals surface area contributed by atoms with E-state index in [1.807, 2.05) is 19.2 Å². The van der Waals surface area contributed by atoms with Gasteiger partial charge in [0.2, 0.25) is 5.91 Å². The Morgan fingerprint density at radius 3 is 2.74 bits per heavy atom. The lowest BCUT2D eigenvalue weighted by Crippen LogP contribution is -2.49. The summed E-state index contributed by atoms with van der Waals surface area (Å²) in [5.41, 5.74) is 8.29. The maximum absolute atomic E-state index is 12.4. The van der Waals surface area contributed by atoms with Crippen molar-refractivity contribution in [3.05, 3.63) is 29.8 Å². The number of aryl methyl sites for hydroxylation is 1. The maximum atomic E-state index is 12.4. The maximum Gasteiger partial charge on any atom is 0.246 e. The first-order chi connectivity index (χ1) is 9.19. The number of carbonyl (C=O) groups is 1. The van der Waals surface area contributed by atoms with E-state index in [1.165, 1.54) is 5.56 Å². The summed E-state index contributed by atoms with van der Waals surface area (Å²) < 4.78 is 0. The van der Waals surface area contributed by atoms with Gasteiger partial charge in [-0.3, -0.25) is 4.79 Å². The van der Waals surface area contributed by atoms with Crippen LogP contribution in [0.3, 0.4) is 0 Å². The van der Waals surface area contributed by atoms with Crippen LogP contribution in [0.25, 0.3) is 0 Å². The lowest BCUT2D eigenvalue weighted by molar-refractivity contribution is -0.130. The highest BCUT2D eigenvalue weighted by Gasteiger charge is 2.30. The molecule has 1 heterocycles. The van der Waals surface area contributed by atoms with Crippen molar-refractivity contribution in [3.63, 3.8) is 0 Å². The second kappa shape index (κ2) is 6.06. The normalized spacial score (nSPS) is 20.6. The number of benzene rings is 1. The van der Waals surface area contributed by atoms with Gasteiger partial charge in [-0.2, -0.15) is 0 Å². The Bertz CT molecular complexity index is 447. The Kier molecular flexibility index (Phi) is 4.43. The molecular weight excluding hydrogens is 238 g/mol. The summed E-state index contributed by atoms with van der Waals surface area (Å²) in [5, 5.41) is 0. The number of nitrogens with two attached hydrogens (primary N) is 1. The molecule has 1 aliphatic heterocycles. The van der Waals surface area contributed by atoms with Gasteiger partial charge in [-0.1, -0.05) is 25.1 Å². The van der Waals surface area contributed by atoms with E-state index in [0.29, 0.717) is 6.54 Å². The van der Waals surface area contributed by atoms with Gasteiger partial charge in [0.15, 0.2) is 0 Å². The van der Waals surface area contributed by atoms with Crippen LogP contribution < -0.4 is 10.6 Å². The molecule has 1 unspecified atom stereocenters. The number of rotatable bonds is 3. The van der Waals surface area contributed by atoms with Crippen LogP contribution in [0.1, 0.15) is 18.9 Å². The van der Waals surface area contributed by atoms with Gasteiger partial charge in [0.25, 0.3) is 0 Å². The molecule has 1 atom stereocenters. The predicted molar refractivity (Wildman–Crippen MR) is 78.3 cm³/mol. The van der Waals surface area contributed by atoms with Gasteiger partial charge < -0.3 is 15.5 Å². The molecule has 104 valence electrons. The van der Waals surface area contributed by atoms with Crippen molar-refractivity contribution in [2.24, 2.45) is 5.73 Å². The summed E-state index contributed by atoms with van der Waals surface area (Å²) in [4.78, 5) is 16.3. The standard InChI is InChI=1S/C15H23N3O/c1-3-12-7-4-5-8-13(12)18-10-6-9-17(2)15(19)14(18)11-16/h4-5,7-8,14H,3,6,9-11,16H2,1-2H3. The molecule has 1 saturated heterocycles. The van der Waals surface area contributed by atoms with Crippen LogP contribution in [0.5, 0.6) is 0 Å². The number of hydrogen-bond donors (Lipinski definition) is 1. The van der Waals surface area contributed by atoms with Crippen LogP contribution in [-0.2, 0) is 11.2 Å². The van der Waals surface area contributed by atoms with Crippen LogP contribution in [0, 0.1) is 0 Å². The number of likely N-dealkylation sites (N-methyl/N-ethyl adjacent to an activating group) is 1. The molecule has 1 amide bonds. The average molecular weight is 261 g/mol. The topological polar surface area (TPSA) is 49.6 Å². The minimum atomic E-state index is -0.236. The number of carbonyl (C=O) groups excluding carboxylic acids is 1. The van der Waals surface area contributed by atoms with E-state index in [1.54, 1.807) is 4.90 Å². The monoisotopic (exact) mass is 261 g/mol. The fraction of sp³-hybridized carbons (Fsp3) is 0.533. The number of hydrogen-bond acceptors (Lipinski definition) is 3. The van der Waals surface area contributed by atoms with Crippen LogP contribution >= 0.6 is 0 Å². The van der Waals surface area contributed by atoms with E-state index >= 15 is 0 Å². The first-order valence-corrected chi connectivity index (χ1v) is 6.98. The van der Waals surface area contributed by atoms with Crippen molar-refractivity contribution in [3.8, 4) is 0 Å². The summed E-state index contributed by atoms with van der Waals surface area (Å²) in [6, 6.07) is 8.06. The molecule has 1 aromatic carbocycles. The summed E-state index contributed by atoms with van der Waals surface area (Å²) in [6.45, 7) is 4.19. The molecule has 1 aliphatic rings. The third-order valence-corrected chi connectivity index (χ3v) is 3.84. The molecule has 0 aliphatic carbocycles. The van der Waals surface area contributed by atoms with Gasteiger partial charge >= 0.3 is 0 Å². The summed E-state index contributed by atoms with van der Waals surface area (Å²) in [5.74, 6) is 0.130. The van der Waals surface area contributed by atoms with Gasteiger partial charge in [0, 0.05) is 32.4 Å². The lowest BCUT2D eigenvalue weighted by Gasteiger charge is -2.32. The van der Waals surface area contributed by atoms with Crippen molar-refractivity contribution in [1.82, 2.24) is 4.90 Å². The van der Waals surface area contributed by atoms with Crippen LogP contribution in [0.15, 0.2) is 24.3 Å². The van der Waals surface area contributed by atoms with E-state index in [0.717, 1.165) is 31.6 Å². The first kappa shape index (κ1) is 13.9. The van der Waals surface area contributed by atoms with Crippen molar-refractivity contribution < 1.29 is 4.79 Å². The molecule has 4 nitrogen and oxygen atoms in total. The molecular formula is C15H23N3O. The zero-order valence-corrected chi connectivity index (χ0v) is 11.8. The molecule has 19 heavy (non-hydrogen) atoms. The van der Waals surface area contributed by atoms with Gasteiger partial charge in [-0.25, -0.2) is 0 Å². The highest BCUT2D eigenvalue weighted by molar-refractivity contribution is 5.86. The highest BCUT2D eigenvalue weighted by Crippen LogP contribution is 2.25. The minimum Gasteiger partial charge on any atom is -0.358 e. The molecule has 1 aromatic rings. The minimum absolute atomic E-state index is 0.130. The quantitative estimate of drug-likeness (QED) is 0.891. The summed E-state index contributed by atoms with van der Waals surface area (Å²) in [7, 11) is 1.86. The third kappa shape index (κ3) is 2.73. The average Bonchev–Trinajstić information content (AvgIpc) is 2.58. The van der Waals surface area contributed by atoms with Crippen molar-refractivity contribution in [2.75, 3.05) is 31.6 Å². The van der Waals surface area contributed by atoms with Crippen LogP contribution in [0.4, 0.5) is 5.69 Å². The van der Waals surface area contributed by atoms with Gasteiger partial charge in [0.05, 0.1) is 0 Å². The molecule has 2 rings (SSSR count). The van der Waals surface area contributed by atoms with Gasteiger partial charge in [-0.15, -0.1) is 0 Å². The van der Waals surface area contributed by atoms with Crippen LogP contribution in [-0.4, -0.2) is 43.5 Å². The lowest BCUT2D eigenvalue weighted by atomic mass is 10.1. The molecule has 4 heteroatoms. The Hall–Kier alpha value is -1.55. The zero-order chi connectivity index (χ0) is 13.8. The zero-order valence-electron chi connectivity index (χ0n) is 11.8. The number of amides is 1. The predicted octanol–water partition coefficient (Wildman–Crippen LogP) is 1.24. The Morgan fingerprint density at radius 2 is 2.05 bits per heavy atom. The largest absolute Gasteiger partial charge is 0.358 e. The molecule has 0 bridgehead atoms. The SMILES string of the molecule is CCc1ccccc1N1CCCN(C)C(=O)C1CN. The Labute approximate surface area is 115 Å². The van der Waals surface area contributed by atoms with Gasteiger partial charge in [-0.05, 0) is 24.5 Å². The second-order valence-corrected chi connectivity index (χ2v) is 5.04. The van der Waals surface area contributed by atoms with E-state index in [9.17, 15) is 4.79 Å². The number of para-hydroxylation sites is 1. The van der Waals surface area contributed by atoms with E-state index in [2.05, 4.69) is 24.0 Å². The Balaban J connectivity index is 2.37. The van der Waals surface area contributed by atoms with Gasteiger partial charge in [0.1, 0.15) is 6.04 Å². The van der Waals surface area contributed by atoms with E-state index in [4.69, 9.17) is 5.73 Å². The molecule has 2 N–H and O–H groups in total. The molecule has 0 radical (unpaired) electrons. The smallest absolute Gasteiger partial charge is 0.246 e. The fourth-order valence-corrected chi connectivity index (χ4v) is 2.74. The molecule has 0 spiro atoms. The van der Waals surface area contributed by atoms with Crippen molar-refractivity contribution in [1.29, 1.82) is 0 Å². The number of nitrogens with zero attached hydrogens (tertiary/aromatic N) is 2. The second-order valence-electron chi connectivity index (χ2n) is 5.04. The summed E-state index contributed by atoms with van der Waals surface area (Å²) >= 11 is 0. The summed E-state index contributed by atoms with van der Waals surface area (Å²) in [6.07, 6.45) is 1.95. The highest BCUT2D eigenvalue weighted by atomic mass is 16.2. The molecule has 0 saturated carbocycles. The third-order valence-electron chi connectivity index (χ3n) is 3.84. The number of anilines is 1. The Morgan fingerprint density at radius 1 is 1.32 bits per heavy atom. The molecule has 1 fully saturated rings. The van der Waals surface area contributed by atoms with Crippen LogP contribution in [0.2, 0.25) is 0 Å². The van der Waals surface area contributed by atoms with E-state index < -0.39 is 0 Å². The van der Waals surface area contributed by atoms with Crippen molar-refractivity contribution in [2.45, 2.75) is 25.8 Å². The first-order valence-electron chi connectivity index (χ1n) is 6.98. The fourth-order valence-electron chi connectivity index (χ4n) is 2.74. The van der Waals surface area contributed by atoms with Crippen molar-refractivity contribution >= 4 is 11.6 Å².